The van der Waals surface area contributed by atoms with E-state index in [0.717, 1.165) is 38.4 Å². The summed E-state index contributed by atoms with van der Waals surface area (Å²) in [5.74, 6) is 0.930. The number of rotatable bonds is 4. The zero-order valence-electron chi connectivity index (χ0n) is 8.55. The molecule has 1 heterocycles. The van der Waals surface area contributed by atoms with E-state index in [9.17, 15) is 0 Å². The second-order valence-electron chi connectivity index (χ2n) is 3.41. The van der Waals surface area contributed by atoms with E-state index in [0.29, 0.717) is 6.42 Å². The highest BCUT2D eigenvalue weighted by atomic mass is 15.2. The second-order valence-corrected chi connectivity index (χ2v) is 3.41. The molecule has 0 aromatic carbocycles. The van der Waals surface area contributed by atoms with Crippen molar-refractivity contribution in [2.75, 3.05) is 19.6 Å². The summed E-state index contributed by atoms with van der Waals surface area (Å²) in [4.78, 5) is 4.37. The van der Waals surface area contributed by atoms with Crippen molar-refractivity contribution in [2.45, 2.75) is 32.1 Å². The molecule has 0 bridgehead atoms. The number of aliphatic imine (C=N–C) groups is 1. The number of nitrogens with one attached hydrogen (secondary N) is 2. The Bertz CT molecular complexity index is 217. The Morgan fingerprint density at radius 3 is 3.21 bits per heavy atom. The van der Waals surface area contributed by atoms with Crippen LogP contribution in [0.1, 0.15) is 32.1 Å². The molecule has 0 saturated heterocycles. The van der Waals surface area contributed by atoms with Crippen molar-refractivity contribution in [1.82, 2.24) is 10.6 Å². The van der Waals surface area contributed by atoms with Crippen LogP contribution in [0.3, 0.4) is 0 Å². The molecule has 0 aliphatic carbocycles. The zero-order chi connectivity index (χ0) is 10.1. The first-order valence-corrected chi connectivity index (χ1v) is 5.32. The van der Waals surface area contributed by atoms with Crippen LogP contribution < -0.4 is 10.6 Å². The molecule has 0 unspecified atom stereocenters. The summed E-state index contributed by atoms with van der Waals surface area (Å²) in [5.41, 5.74) is 0. The van der Waals surface area contributed by atoms with Gasteiger partial charge in [0.25, 0.3) is 0 Å². The lowest BCUT2D eigenvalue weighted by atomic mass is 10.2. The topological polar surface area (TPSA) is 60.2 Å². The maximum atomic E-state index is 8.35. The number of hydrogen-bond acceptors (Lipinski definition) is 4. The van der Waals surface area contributed by atoms with Gasteiger partial charge in [-0.15, -0.1) is 0 Å². The van der Waals surface area contributed by atoms with E-state index in [4.69, 9.17) is 5.26 Å². The number of nitrogens with zero attached hydrogens (tertiary/aromatic N) is 2. The van der Waals surface area contributed by atoms with Gasteiger partial charge in [-0.2, -0.15) is 5.26 Å². The molecule has 0 aromatic rings. The van der Waals surface area contributed by atoms with Crippen molar-refractivity contribution >= 4 is 5.96 Å². The molecule has 0 saturated carbocycles. The fraction of sp³-hybridized carbons (Fsp3) is 0.800. The standard InChI is InChI=1S/C10H18N4/c11-6-2-1-3-7-12-10-13-8-4-5-9-14-10/h1-5,7-9H2,(H2,12,13,14). The number of hydrogen-bond donors (Lipinski definition) is 2. The molecule has 0 amide bonds. The molecule has 14 heavy (non-hydrogen) atoms. The quantitative estimate of drug-likeness (QED) is 0.657. The van der Waals surface area contributed by atoms with Crippen molar-refractivity contribution in [3.63, 3.8) is 0 Å². The van der Waals surface area contributed by atoms with Crippen LogP contribution in [-0.4, -0.2) is 25.6 Å². The van der Waals surface area contributed by atoms with Gasteiger partial charge in [0, 0.05) is 26.1 Å². The Labute approximate surface area is 85.4 Å². The zero-order valence-corrected chi connectivity index (χ0v) is 8.55. The molecule has 78 valence electrons. The van der Waals surface area contributed by atoms with Crippen LogP contribution in [0.2, 0.25) is 0 Å². The summed E-state index contributed by atoms with van der Waals surface area (Å²) < 4.78 is 0. The Morgan fingerprint density at radius 1 is 1.43 bits per heavy atom. The summed E-state index contributed by atoms with van der Waals surface area (Å²) in [6, 6.07) is 2.14. The molecule has 2 N–H and O–H groups in total. The predicted octanol–water partition coefficient (Wildman–Crippen LogP) is 1.01. The molecule has 1 aliphatic heterocycles. The minimum atomic E-state index is 0.654. The Kier molecular flexibility index (Phi) is 5.57. The van der Waals surface area contributed by atoms with E-state index in [1.807, 2.05) is 0 Å². The predicted molar refractivity (Wildman–Crippen MR) is 57.0 cm³/mol. The summed E-state index contributed by atoms with van der Waals surface area (Å²) in [5, 5.41) is 14.8. The van der Waals surface area contributed by atoms with Gasteiger partial charge in [0.05, 0.1) is 6.07 Å². The van der Waals surface area contributed by atoms with Gasteiger partial charge in [-0.3, -0.25) is 4.99 Å². The van der Waals surface area contributed by atoms with Gasteiger partial charge in [-0.05, 0) is 25.7 Å². The van der Waals surface area contributed by atoms with Gasteiger partial charge in [0.15, 0.2) is 5.96 Å². The summed E-state index contributed by atoms with van der Waals surface area (Å²) in [6.07, 6.45) is 5.03. The molecule has 0 fully saturated rings. The van der Waals surface area contributed by atoms with E-state index >= 15 is 0 Å². The molecule has 0 spiro atoms. The average Bonchev–Trinajstić information content (AvgIpc) is 2.46. The average molecular weight is 194 g/mol. The Balaban J connectivity index is 2.05. The van der Waals surface area contributed by atoms with Crippen LogP contribution in [0.25, 0.3) is 0 Å². The van der Waals surface area contributed by atoms with E-state index in [-0.39, 0.29) is 0 Å². The van der Waals surface area contributed by atoms with Gasteiger partial charge in [-0.1, -0.05) is 0 Å². The third-order valence-corrected chi connectivity index (χ3v) is 2.16. The first-order valence-electron chi connectivity index (χ1n) is 5.32. The smallest absolute Gasteiger partial charge is 0.191 e. The normalized spacial score (nSPS) is 16.1. The van der Waals surface area contributed by atoms with Crippen LogP contribution in [0, 0.1) is 11.3 Å². The van der Waals surface area contributed by atoms with E-state index in [2.05, 4.69) is 21.7 Å². The fourth-order valence-corrected chi connectivity index (χ4v) is 1.34. The van der Waals surface area contributed by atoms with Crippen molar-refractivity contribution < 1.29 is 0 Å². The van der Waals surface area contributed by atoms with Crippen molar-refractivity contribution in [3.05, 3.63) is 0 Å². The highest BCUT2D eigenvalue weighted by molar-refractivity contribution is 5.79. The van der Waals surface area contributed by atoms with Crippen LogP contribution in [0.5, 0.6) is 0 Å². The van der Waals surface area contributed by atoms with Gasteiger partial charge in [0.1, 0.15) is 0 Å². The maximum absolute atomic E-state index is 8.35. The number of unbranched alkanes of at least 4 members (excludes halogenated alkanes) is 2. The summed E-state index contributed by atoms with van der Waals surface area (Å²) >= 11 is 0. The largest absolute Gasteiger partial charge is 0.356 e. The molecule has 1 aliphatic rings. The molecule has 0 radical (unpaired) electrons. The van der Waals surface area contributed by atoms with E-state index < -0.39 is 0 Å². The van der Waals surface area contributed by atoms with Crippen molar-refractivity contribution in [3.8, 4) is 6.07 Å². The lowest BCUT2D eigenvalue weighted by molar-refractivity contribution is 0.704. The third kappa shape index (κ3) is 4.70. The molecule has 4 heteroatoms. The summed E-state index contributed by atoms with van der Waals surface area (Å²) in [6.45, 7) is 2.85. The molecular formula is C10H18N4. The van der Waals surface area contributed by atoms with Crippen LogP contribution in [-0.2, 0) is 0 Å². The van der Waals surface area contributed by atoms with E-state index in [1.54, 1.807) is 0 Å². The number of guanidine groups is 1. The van der Waals surface area contributed by atoms with Crippen LogP contribution in [0.15, 0.2) is 4.99 Å². The van der Waals surface area contributed by atoms with Gasteiger partial charge in [0.2, 0.25) is 0 Å². The monoisotopic (exact) mass is 194 g/mol. The second kappa shape index (κ2) is 7.19. The lowest BCUT2D eigenvalue weighted by Crippen LogP contribution is -2.37. The highest BCUT2D eigenvalue weighted by Crippen LogP contribution is 1.94. The molecule has 1 rings (SSSR count). The van der Waals surface area contributed by atoms with Crippen molar-refractivity contribution in [1.29, 1.82) is 5.26 Å². The highest BCUT2D eigenvalue weighted by Gasteiger charge is 2.00. The Morgan fingerprint density at radius 2 is 2.36 bits per heavy atom. The summed E-state index contributed by atoms with van der Waals surface area (Å²) in [7, 11) is 0. The van der Waals surface area contributed by atoms with Gasteiger partial charge < -0.3 is 10.6 Å². The molecule has 0 atom stereocenters. The van der Waals surface area contributed by atoms with Gasteiger partial charge in [-0.25, -0.2) is 0 Å². The van der Waals surface area contributed by atoms with Crippen LogP contribution >= 0.6 is 0 Å². The first kappa shape index (κ1) is 10.8. The SMILES string of the molecule is N#CCCCCNC1=NCCCCN1. The third-order valence-electron chi connectivity index (χ3n) is 2.16. The Hall–Kier alpha value is -1.24. The minimum Gasteiger partial charge on any atom is -0.356 e. The van der Waals surface area contributed by atoms with Crippen molar-refractivity contribution in [2.24, 2.45) is 4.99 Å². The number of nitriles is 1. The lowest BCUT2D eigenvalue weighted by Gasteiger charge is -2.08. The fourth-order valence-electron chi connectivity index (χ4n) is 1.34. The van der Waals surface area contributed by atoms with E-state index in [1.165, 1.54) is 12.8 Å². The first-order chi connectivity index (χ1) is 6.93. The maximum Gasteiger partial charge on any atom is 0.191 e. The molecular weight excluding hydrogens is 176 g/mol. The van der Waals surface area contributed by atoms with Gasteiger partial charge >= 0.3 is 0 Å². The van der Waals surface area contributed by atoms with Crippen LogP contribution in [0.4, 0.5) is 0 Å². The molecule has 4 nitrogen and oxygen atoms in total. The minimum absolute atomic E-state index is 0.654. The molecule has 0 aromatic heterocycles.